The third-order valence-electron chi connectivity index (χ3n) is 3.31. The fraction of sp³-hybridized carbons (Fsp3) is 0.750. The van der Waals surface area contributed by atoms with Gasteiger partial charge in [0.25, 0.3) is 0 Å². The lowest BCUT2D eigenvalue weighted by Crippen LogP contribution is -2.56. The standard InChI is InChI=1S/C12H22N4/c1-9-11(10(2)15-14-9)7-16-6-5-13-12(3,4)8-16/h13H,5-8H2,1-4H3,(H,14,15). The third-order valence-corrected chi connectivity index (χ3v) is 3.31. The first-order chi connectivity index (χ1) is 7.48. The Morgan fingerprint density at radius 2 is 2.12 bits per heavy atom. The van der Waals surface area contributed by atoms with Crippen molar-refractivity contribution in [2.45, 2.75) is 39.8 Å². The average Bonchev–Trinajstić information content (AvgIpc) is 2.48. The minimum atomic E-state index is 0.226. The van der Waals surface area contributed by atoms with E-state index in [4.69, 9.17) is 0 Å². The quantitative estimate of drug-likeness (QED) is 0.790. The molecule has 1 fully saturated rings. The van der Waals surface area contributed by atoms with Crippen LogP contribution in [0.5, 0.6) is 0 Å². The van der Waals surface area contributed by atoms with E-state index in [1.54, 1.807) is 0 Å². The van der Waals surface area contributed by atoms with Gasteiger partial charge in [-0.1, -0.05) is 0 Å². The van der Waals surface area contributed by atoms with Crippen LogP contribution in [-0.4, -0.2) is 40.3 Å². The van der Waals surface area contributed by atoms with Crippen molar-refractivity contribution in [3.8, 4) is 0 Å². The summed E-state index contributed by atoms with van der Waals surface area (Å²) in [5, 5.41) is 10.8. The van der Waals surface area contributed by atoms with Crippen LogP contribution < -0.4 is 5.32 Å². The van der Waals surface area contributed by atoms with Gasteiger partial charge in [0, 0.05) is 43.0 Å². The number of H-pyrrole nitrogens is 1. The highest BCUT2D eigenvalue weighted by Gasteiger charge is 2.26. The molecular weight excluding hydrogens is 200 g/mol. The molecule has 0 radical (unpaired) electrons. The minimum Gasteiger partial charge on any atom is -0.309 e. The first kappa shape index (κ1) is 11.6. The van der Waals surface area contributed by atoms with Gasteiger partial charge in [-0.05, 0) is 27.7 Å². The number of piperazine rings is 1. The number of aromatic amines is 1. The summed E-state index contributed by atoms with van der Waals surface area (Å²) in [6, 6.07) is 0. The molecule has 0 unspecified atom stereocenters. The van der Waals surface area contributed by atoms with Gasteiger partial charge in [0.1, 0.15) is 0 Å². The molecule has 0 saturated carbocycles. The maximum atomic E-state index is 4.25. The molecule has 1 aromatic rings. The second-order valence-corrected chi connectivity index (χ2v) is 5.43. The van der Waals surface area contributed by atoms with Gasteiger partial charge in [0.2, 0.25) is 0 Å². The zero-order valence-electron chi connectivity index (χ0n) is 10.7. The van der Waals surface area contributed by atoms with Gasteiger partial charge in [-0.3, -0.25) is 10.00 Å². The van der Waals surface area contributed by atoms with Gasteiger partial charge in [-0.15, -0.1) is 0 Å². The number of nitrogens with one attached hydrogen (secondary N) is 2. The molecule has 1 aliphatic heterocycles. The summed E-state index contributed by atoms with van der Waals surface area (Å²) < 4.78 is 0. The van der Waals surface area contributed by atoms with Gasteiger partial charge in [-0.2, -0.15) is 5.10 Å². The second-order valence-electron chi connectivity index (χ2n) is 5.43. The van der Waals surface area contributed by atoms with Gasteiger partial charge < -0.3 is 5.32 Å². The van der Waals surface area contributed by atoms with Crippen LogP contribution in [0.15, 0.2) is 0 Å². The fourth-order valence-electron chi connectivity index (χ4n) is 2.41. The molecule has 1 aliphatic rings. The van der Waals surface area contributed by atoms with Crippen molar-refractivity contribution >= 4 is 0 Å². The molecule has 16 heavy (non-hydrogen) atoms. The van der Waals surface area contributed by atoms with E-state index < -0.39 is 0 Å². The summed E-state index contributed by atoms with van der Waals surface area (Å²) in [5.74, 6) is 0. The molecule has 1 saturated heterocycles. The summed E-state index contributed by atoms with van der Waals surface area (Å²) >= 11 is 0. The van der Waals surface area contributed by atoms with Crippen molar-refractivity contribution in [1.29, 1.82) is 0 Å². The number of aryl methyl sites for hydroxylation is 2. The summed E-state index contributed by atoms with van der Waals surface area (Å²) in [4.78, 5) is 2.50. The van der Waals surface area contributed by atoms with Crippen molar-refractivity contribution in [2.75, 3.05) is 19.6 Å². The van der Waals surface area contributed by atoms with Crippen molar-refractivity contribution in [3.63, 3.8) is 0 Å². The Balaban J connectivity index is 2.05. The van der Waals surface area contributed by atoms with Crippen LogP contribution in [0.2, 0.25) is 0 Å². The predicted octanol–water partition coefficient (Wildman–Crippen LogP) is 1.21. The van der Waals surface area contributed by atoms with Crippen LogP contribution in [0, 0.1) is 13.8 Å². The van der Waals surface area contributed by atoms with Crippen molar-refractivity contribution < 1.29 is 0 Å². The van der Waals surface area contributed by atoms with Crippen molar-refractivity contribution in [3.05, 3.63) is 17.0 Å². The lowest BCUT2D eigenvalue weighted by atomic mass is 10.0. The fourth-order valence-corrected chi connectivity index (χ4v) is 2.41. The smallest absolute Gasteiger partial charge is 0.0639 e. The van der Waals surface area contributed by atoms with E-state index >= 15 is 0 Å². The largest absolute Gasteiger partial charge is 0.309 e. The SMILES string of the molecule is Cc1n[nH]c(C)c1CN1CCNC(C)(C)C1. The number of nitrogens with zero attached hydrogens (tertiary/aromatic N) is 2. The topological polar surface area (TPSA) is 44.0 Å². The summed E-state index contributed by atoms with van der Waals surface area (Å²) in [5.41, 5.74) is 3.92. The second kappa shape index (κ2) is 4.18. The van der Waals surface area contributed by atoms with Gasteiger partial charge >= 0.3 is 0 Å². The predicted molar refractivity (Wildman–Crippen MR) is 65.4 cm³/mol. The highest BCUT2D eigenvalue weighted by molar-refractivity contribution is 5.23. The number of aromatic nitrogens is 2. The Bertz CT molecular complexity index is 348. The molecule has 0 aromatic carbocycles. The Kier molecular flexibility index (Phi) is 3.04. The first-order valence-electron chi connectivity index (χ1n) is 5.96. The molecule has 2 N–H and O–H groups in total. The van der Waals surface area contributed by atoms with Gasteiger partial charge in [0.15, 0.2) is 0 Å². The summed E-state index contributed by atoms with van der Waals surface area (Å²) in [6.07, 6.45) is 0. The molecule has 4 nitrogen and oxygen atoms in total. The lowest BCUT2D eigenvalue weighted by molar-refractivity contribution is 0.148. The average molecular weight is 222 g/mol. The Morgan fingerprint density at radius 1 is 1.38 bits per heavy atom. The van der Waals surface area contributed by atoms with E-state index in [2.05, 4.69) is 48.1 Å². The van der Waals surface area contributed by atoms with E-state index in [0.29, 0.717) is 0 Å². The van der Waals surface area contributed by atoms with Gasteiger partial charge in [-0.25, -0.2) is 0 Å². The molecule has 4 heteroatoms. The molecule has 0 atom stereocenters. The maximum Gasteiger partial charge on any atom is 0.0639 e. The molecule has 0 bridgehead atoms. The Hall–Kier alpha value is -0.870. The molecular formula is C12H22N4. The van der Waals surface area contributed by atoms with E-state index in [1.807, 2.05) is 0 Å². The number of hydrogen-bond donors (Lipinski definition) is 2. The molecule has 0 aliphatic carbocycles. The Morgan fingerprint density at radius 3 is 2.69 bits per heavy atom. The highest BCUT2D eigenvalue weighted by Crippen LogP contribution is 2.16. The monoisotopic (exact) mass is 222 g/mol. The van der Waals surface area contributed by atoms with Crippen LogP contribution in [0.3, 0.4) is 0 Å². The van der Waals surface area contributed by atoms with E-state index in [-0.39, 0.29) is 5.54 Å². The van der Waals surface area contributed by atoms with E-state index in [0.717, 1.165) is 31.9 Å². The third kappa shape index (κ3) is 2.44. The maximum absolute atomic E-state index is 4.25. The van der Waals surface area contributed by atoms with Crippen molar-refractivity contribution in [2.24, 2.45) is 0 Å². The molecule has 0 spiro atoms. The zero-order chi connectivity index (χ0) is 11.8. The van der Waals surface area contributed by atoms with Gasteiger partial charge in [0.05, 0.1) is 5.69 Å². The van der Waals surface area contributed by atoms with E-state index in [1.165, 1.54) is 11.3 Å². The normalized spacial score (nSPS) is 21.2. The highest BCUT2D eigenvalue weighted by atomic mass is 15.2. The first-order valence-corrected chi connectivity index (χ1v) is 5.96. The minimum absolute atomic E-state index is 0.226. The van der Waals surface area contributed by atoms with Crippen LogP contribution in [0.4, 0.5) is 0 Å². The molecule has 2 rings (SSSR count). The van der Waals surface area contributed by atoms with Crippen LogP contribution in [-0.2, 0) is 6.54 Å². The summed E-state index contributed by atoms with van der Waals surface area (Å²) in [7, 11) is 0. The van der Waals surface area contributed by atoms with Crippen LogP contribution >= 0.6 is 0 Å². The van der Waals surface area contributed by atoms with Crippen LogP contribution in [0.1, 0.15) is 30.8 Å². The van der Waals surface area contributed by atoms with E-state index in [9.17, 15) is 0 Å². The molecule has 2 heterocycles. The molecule has 1 aromatic heterocycles. The number of rotatable bonds is 2. The summed E-state index contributed by atoms with van der Waals surface area (Å²) in [6.45, 7) is 13.0. The Labute approximate surface area is 97.4 Å². The van der Waals surface area contributed by atoms with Crippen LogP contribution in [0.25, 0.3) is 0 Å². The number of hydrogen-bond acceptors (Lipinski definition) is 3. The lowest BCUT2D eigenvalue weighted by Gasteiger charge is -2.39. The molecule has 0 amide bonds. The molecule has 90 valence electrons. The van der Waals surface area contributed by atoms with Crippen molar-refractivity contribution in [1.82, 2.24) is 20.4 Å². The zero-order valence-corrected chi connectivity index (χ0v) is 10.7.